The molecular weight excluding hydrogens is 416 g/mol. The fourth-order valence-corrected chi connectivity index (χ4v) is 3.25. The molecule has 2 aromatic rings. The van der Waals surface area contributed by atoms with Crippen LogP contribution in [-0.4, -0.2) is 18.4 Å². The summed E-state index contributed by atoms with van der Waals surface area (Å²) in [6, 6.07) is 7.80. The van der Waals surface area contributed by atoms with Crippen LogP contribution in [0.3, 0.4) is 0 Å². The monoisotopic (exact) mass is 430 g/mol. The van der Waals surface area contributed by atoms with Gasteiger partial charge in [-0.1, -0.05) is 29.3 Å². The lowest BCUT2D eigenvalue weighted by Crippen LogP contribution is -2.28. The molecule has 2 aromatic carbocycles. The van der Waals surface area contributed by atoms with Gasteiger partial charge in [0.1, 0.15) is 0 Å². The Hall–Kier alpha value is -2.25. The lowest BCUT2D eigenvalue weighted by Gasteiger charge is -2.18. The largest absolute Gasteiger partial charge is 0.416 e. The number of rotatable bonds is 3. The van der Waals surface area contributed by atoms with Crippen LogP contribution < -0.4 is 10.2 Å². The number of carbonyl (C=O) groups excluding carboxylic acids is 2. The molecule has 1 aliphatic heterocycles. The second kappa shape index (κ2) is 7.64. The molecule has 0 unspecified atom stereocenters. The minimum Gasteiger partial charge on any atom is -0.324 e. The molecule has 148 valence electrons. The number of halogens is 5. The van der Waals surface area contributed by atoms with Crippen molar-refractivity contribution in [1.29, 1.82) is 0 Å². The van der Waals surface area contributed by atoms with Crippen LogP contribution in [-0.2, 0) is 15.8 Å². The van der Waals surface area contributed by atoms with E-state index in [9.17, 15) is 22.8 Å². The van der Waals surface area contributed by atoms with E-state index in [0.29, 0.717) is 10.7 Å². The van der Waals surface area contributed by atoms with Crippen LogP contribution in [0, 0.1) is 12.8 Å². The highest BCUT2D eigenvalue weighted by Crippen LogP contribution is 2.35. The number of amides is 2. The summed E-state index contributed by atoms with van der Waals surface area (Å²) in [7, 11) is 0. The Morgan fingerprint density at radius 3 is 2.50 bits per heavy atom. The van der Waals surface area contributed by atoms with Crippen molar-refractivity contribution >= 4 is 46.4 Å². The van der Waals surface area contributed by atoms with Gasteiger partial charge in [0.15, 0.2) is 0 Å². The van der Waals surface area contributed by atoms with E-state index in [1.54, 1.807) is 18.2 Å². The molecule has 0 spiro atoms. The third-order valence-electron chi connectivity index (χ3n) is 4.51. The number of benzene rings is 2. The molecule has 0 bridgehead atoms. The predicted molar refractivity (Wildman–Crippen MR) is 102 cm³/mol. The number of carbonyl (C=O) groups is 2. The van der Waals surface area contributed by atoms with Crippen molar-refractivity contribution in [2.24, 2.45) is 5.92 Å². The van der Waals surface area contributed by atoms with Crippen molar-refractivity contribution in [3.63, 3.8) is 0 Å². The highest BCUT2D eigenvalue weighted by molar-refractivity contribution is 6.33. The number of hydrogen-bond acceptors (Lipinski definition) is 2. The normalized spacial score (nSPS) is 17.1. The topological polar surface area (TPSA) is 49.4 Å². The predicted octanol–water partition coefficient (Wildman–Crippen LogP) is 5.31. The zero-order chi connectivity index (χ0) is 20.6. The van der Waals surface area contributed by atoms with Gasteiger partial charge in [-0.05, 0) is 42.8 Å². The van der Waals surface area contributed by atoms with Crippen molar-refractivity contribution in [3.8, 4) is 0 Å². The van der Waals surface area contributed by atoms with E-state index in [2.05, 4.69) is 5.32 Å². The summed E-state index contributed by atoms with van der Waals surface area (Å²) in [6.45, 7) is 1.92. The van der Waals surface area contributed by atoms with Crippen LogP contribution in [0.1, 0.15) is 17.5 Å². The van der Waals surface area contributed by atoms with Crippen molar-refractivity contribution < 1.29 is 22.8 Å². The Balaban J connectivity index is 1.76. The maximum Gasteiger partial charge on any atom is 0.416 e. The summed E-state index contributed by atoms with van der Waals surface area (Å²) in [5.41, 5.74) is 0.343. The maximum atomic E-state index is 12.9. The quantitative estimate of drug-likeness (QED) is 0.716. The summed E-state index contributed by atoms with van der Waals surface area (Å²) in [4.78, 5) is 26.3. The molecule has 4 nitrogen and oxygen atoms in total. The first-order chi connectivity index (χ1) is 13.1. The van der Waals surface area contributed by atoms with Crippen LogP contribution in [0.4, 0.5) is 24.5 Å². The highest BCUT2D eigenvalue weighted by atomic mass is 35.5. The molecule has 0 aromatic heterocycles. The number of hydrogen-bond donors (Lipinski definition) is 1. The summed E-state index contributed by atoms with van der Waals surface area (Å²) in [5, 5.41) is 2.88. The molecule has 1 heterocycles. The fraction of sp³-hybridized carbons (Fsp3) is 0.263. The Kier molecular flexibility index (Phi) is 5.59. The molecule has 28 heavy (non-hydrogen) atoms. The Morgan fingerprint density at radius 2 is 1.86 bits per heavy atom. The average Bonchev–Trinajstić information content (AvgIpc) is 3.00. The van der Waals surface area contributed by atoms with E-state index < -0.39 is 23.6 Å². The molecule has 1 atom stereocenters. The summed E-state index contributed by atoms with van der Waals surface area (Å²) in [5.74, 6) is -1.57. The van der Waals surface area contributed by atoms with Crippen molar-refractivity contribution in [2.45, 2.75) is 19.5 Å². The van der Waals surface area contributed by atoms with E-state index in [0.717, 1.165) is 23.8 Å². The Morgan fingerprint density at radius 1 is 1.14 bits per heavy atom. The van der Waals surface area contributed by atoms with Crippen LogP contribution >= 0.6 is 23.2 Å². The molecule has 1 aliphatic rings. The number of anilines is 2. The van der Waals surface area contributed by atoms with Gasteiger partial charge in [0.2, 0.25) is 11.8 Å². The zero-order valence-corrected chi connectivity index (χ0v) is 16.1. The van der Waals surface area contributed by atoms with E-state index in [4.69, 9.17) is 23.2 Å². The zero-order valence-electron chi connectivity index (χ0n) is 14.6. The molecule has 1 N–H and O–H groups in total. The van der Waals surface area contributed by atoms with Gasteiger partial charge in [-0.25, -0.2) is 0 Å². The Bertz CT molecular complexity index is 947. The Labute approximate surface area is 169 Å². The number of nitrogens with one attached hydrogen (secondary N) is 1. The second-order valence-electron chi connectivity index (χ2n) is 6.52. The minimum atomic E-state index is -4.56. The average molecular weight is 431 g/mol. The maximum absolute atomic E-state index is 12.9. The first-order valence-electron chi connectivity index (χ1n) is 8.30. The van der Waals surface area contributed by atoms with Crippen LogP contribution in [0.5, 0.6) is 0 Å². The van der Waals surface area contributed by atoms with E-state index >= 15 is 0 Å². The lowest BCUT2D eigenvalue weighted by atomic mass is 10.1. The second-order valence-corrected chi connectivity index (χ2v) is 7.33. The molecule has 1 saturated heterocycles. The van der Waals surface area contributed by atoms with Crippen LogP contribution in [0.2, 0.25) is 10.0 Å². The van der Waals surface area contributed by atoms with E-state index in [1.165, 1.54) is 4.90 Å². The molecular formula is C19H15Cl2F3N2O2. The summed E-state index contributed by atoms with van der Waals surface area (Å²) >= 11 is 12.0. The van der Waals surface area contributed by atoms with Gasteiger partial charge in [0.05, 0.1) is 22.2 Å². The highest BCUT2D eigenvalue weighted by Gasteiger charge is 2.36. The van der Waals surface area contributed by atoms with Crippen molar-refractivity contribution in [3.05, 3.63) is 57.6 Å². The molecule has 0 saturated carbocycles. The van der Waals surface area contributed by atoms with Gasteiger partial charge in [-0.3, -0.25) is 9.59 Å². The van der Waals surface area contributed by atoms with Crippen molar-refractivity contribution in [1.82, 2.24) is 0 Å². The summed E-state index contributed by atoms with van der Waals surface area (Å²) < 4.78 is 38.6. The van der Waals surface area contributed by atoms with Gasteiger partial charge in [0, 0.05) is 23.7 Å². The molecule has 9 heteroatoms. The smallest absolute Gasteiger partial charge is 0.324 e. The van der Waals surface area contributed by atoms with Crippen LogP contribution in [0.15, 0.2) is 36.4 Å². The lowest BCUT2D eigenvalue weighted by molar-refractivity contribution is -0.137. The molecule has 2 amide bonds. The number of alkyl halides is 3. The van der Waals surface area contributed by atoms with E-state index in [1.807, 2.05) is 6.92 Å². The van der Waals surface area contributed by atoms with Crippen LogP contribution in [0.25, 0.3) is 0 Å². The third-order valence-corrected chi connectivity index (χ3v) is 5.25. The van der Waals surface area contributed by atoms with Gasteiger partial charge >= 0.3 is 6.18 Å². The minimum absolute atomic E-state index is 0.0205. The number of nitrogens with zero attached hydrogens (tertiary/aromatic N) is 1. The number of aryl methyl sites for hydroxylation is 1. The third kappa shape index (κ3) is 4.25. The summed E-state index contributed by atoms with van der Waals surface area (Å²) in [6.07, 6.45) is -4.62. The standard InChI is InChI=1S/C19H15Cl2F3N2O2/c1-10-2-4-13(8-15(10)21)26-9-11(6-17(26)27)18(28)25-16-7-12(19(22,23)24)3-5-14(16)20/h2-5,7-8,11H,6,9H2,1H3,(H,25,28)/t11-/m0/s1. The van der Waals surface area contributed by atoms with Gasteiger partial charge in [-0.2, -0.15) is 13.2 Å². The fourth-order valence-electron chi connectivity index (χ4n) is 2.91. The molecule has 0 aliphatic carbocycles. The molecule has 3 rings (SSSR count). The van der Waals surface area contributed by atoms with Gasteiger partial charge < -0.3 is 10.2 Å². The van der Waals surface area contributed by atoms with E-state index in [-0.39, 0.29) is 29.6 Å². The van der Waals surface area contributed by atoms with Gasteiger partial charge in [0.25, 0.3) is 0 Å². The SMILES string of the molecule is Cc1ccc(N2C[C@@H](C(=O)Nc3cc(C(F)(F)F)ccc3Cl)CC2=O)cc1Cl. The van der Waals surface area contributed by atoms with Crippen molar-refractivity contribution in [2.75, 3.05) is 16.8 Å². The first kappa shape index (κ1) is 20.5. The molecule has 0 radical (unpaired) electrons. The van der Waals surface area contributed by atoms with Gasteiger partial charge in [-0.15, -0.1) is 0 Å². The first-order valence-corrected chi connectivity index (χ1v) is 9.06. The molecule has 1 fully saturated rings.